The summed E-state index contributed by atoms with van der Waals surface area (Å²) < 4.78 is 16.5. The summed E-state index contributed by atoms with van der Waals surface area (Å²) >= 11 is 0. The van der Waals surface area contributed by atoms with E-state index in [-0.39, 0.29) is 11.7 Å². The number of nitrogens with zero attached hydrogens (tertiary/aromatic N) is 1. The standard InChI is InChI=1S/C15H19NO4/c17-14(19-10-13-4-2-1-3-5-13)16-7-9-18-12-15(11-16)6-8-20-15/h1-5H,6-12H2/t15-/m0/s1. The van der Waals surface area contributed by atoms with Gasteiger partial charge in [0.15, 0.2) is 0 Å². The van der Waals surface area contributed by atoms with Gasteiger partial charge in [-0.25, -0.2) is 4.79 Å². The molecule has 1 aromatic rings. The number of hydrogen-bond donors (Lipinski definition) is 0. The molecule has 108 valence electrons. The van der Waals surface area contributed by atoms with Crippen LogP contribution >= 0.6 is 0 Å². The maximum atomic E-state index is 12.1. The monoisotopic (exact) mass is 277 g/mol. The molecular formula is C15H19NO4. The molecular weight excluding hydrogens is 258 g/mol. The molecule has 0 unspecified atom stereocenters. The topological polar surface area (TPSA) is 48.0 Å². The van der Waals surface area contributed by atoms with Crippen LogP contribution in [0.3, 0.4) is 0 Å². The van der Waals surface area contributed by atoms with Gasteiger partial charge in [0, 0.05) is 13.0 Å². The van der Waals surface area contributed by atoms with Crippen molar-refractivity contribution in [2.24, 2.45) is 0 Å². The Bertz CT molecular complexity index is 458. The molecule has 2 aliphatic rings. The van der Waals surface area contributed by atoms with Gasteiger partial charge in [-0.15, -0.1) is 0 Å². The summed E-state index contributed by atoms with van der Waals surface area (Å²) in [6, 6.07) is 9.68. The number of carbonyl (C=O) groups excluding carboxylic acids is 1. The normalized spacial score (nSPS) is 25.9. The Labute approximate surface area is 118 Å². The van der Waals surface area contributed by atoms with E-state index in [0.717, 1.165) is 18.6 Å². The number of rotatable bonds is 2. The second kappa shape index (κ2) is 5.81. The smallest absolute Gasteiger partial charge is 0.410 e. The fourth-order valence-electron chi connectivity index (χ4n) is 2.50. The van der Waals surface area contributed by atoms with Gasteiger partial charge in [0.1, 0.15) is 12.2 Å². The first-order chi connectivity index (χ1) is 9.77. The maximum Gasteiger partial charge on any atom is 0.410 e. The van der Waals surface area contributed by atoms with E-state index >= 15 is 0 Å². The Hall–Kier alpha value is -1.59. The van der Waals surface area contributed by atoms with Crippen molar-refractivity contribution in [3.05, 3.63) is 35.9 Å². The van der Waals surface area contributed by atoms with E-state index in [1.54, 1.807) is 4.90 Å². The van der Waals surface area contributed by atoms with Crippen molar-refractivity contribution in [3.63, 3.8) is 0 Å². The zero-order chi connectivity index (χ0) is 13.8. The van der Waals surface area contributed by atoms with Gasteiger partial charge in [-0.2, -0.15) is 0 Å². The molecule has 20 heavy (non-hydrogen) atoms. The molecule has 2 saturated heterocycles. The third-order valence-corrected chi connectivity index (χ3v) is 3.78. The average molecular weight is 277 g/mol. The predicted octanol–water partition coefficient (Wildman–Crippen LogP) is 1.81. The second-order valence-electron chi connectivity index (χ2n) is 5.30. The Morgan fingerprint density at radius 2 is 2.10 bits per heavy atom. The van der Waals surface area contributed by atoms with E-state index < -0.39 is 0 Å². The van der Waals surface area contributed by atoms with E-state index in [4.69, 9.17) is 14.2 Å². The predicted molar refractivity (Wildman–Crippen MR) is 72.3 cm³/mol. The molecule has 0 radical (unpaired) electrons. The van der Waals surface area contributed by atoms with Crippen LogP contribution in [0.2, 0.25) is 0 Å². The molecule has 0 aliphatic carbocycles. The molecule has 1 amide bonds. The lowest BCUT2D eigenvalue weighted by molar-refractivity contribution is -0.176. The molecule has 2 fully saturated rings. The highest BCUT2D eigenvalue weighted by Crippen LogP contribution is 2.29. The van der Waals surface area contributed by atoms with Gasteiger partial charge < -0.3 is 19.1 Å². The van der Waals surface area contributed by atoms with Crippen LogP contribution in [0.25, 0.3) is 0 Å². The lowest BCUT2D eigenvalue weighted by Crippen LogP contribution is -2.55. The van der Waals surface area contributed by atoms with Crippen LogP contribution < -0.4 is 0 Å². The van der Waals surface area contributed by atoms with Crippen molar-refractivity contribution in [3.8, 4) is 0 Å². The molecule has 2 aliphatic heterocycles. The Balaban J connectivity index is 1.55. The maximum absolute atomic E-state index is 12.1. The molecule has 1 spiro atoms. The molecule has 0 N–H and O–H groups in total. The lowest BCUT2D eigenvalue weighted by Gasteiger charge is -2.42. The van der Waals surface area contributed by atoms with E-state index in [1.807, 2.05) is 30.3 Å². The Kier molecular flexibility index (Phi) is 3.89. The minimum atomic E-state index is -0.303. The first-order valence-corrected chi connectivity index (χ1v) is 6.95. The highest BCUT2D eigenvalue weighted by molar-refractivity contribution is 5.67. The van der Waals surface area contributed by atoms with Crippen molar-refractivity contribution in [1.82, 2.24) is 4.90 Å². The fourth-order valence-corrected chi connectivity index (χ4v) is 2.50. The minimum absolute atomic E-state index is 0.297. The van der Waals surface area contributed by atoms with Gasteiger partial charge in [-0.3, -0.25) is 0 Å². The first-order valence-electron chi connectivity index (χ1n) is 6.95. The van der Waals surface area contributed by atoms with Crippen LogP contribution in [0, 0.1) is 0 Å². The van der Waals surface area contributed by atoms with Gasteiger partial charge in [-0.05, 0) is 5.56 Å². The number of amides is 1. The van der Waals surface area contributed by atoms with E-state index in [0.29, 0.717) is 32.9 Å². The minimum Gasteiger partial charge on any atom is -0.445 e. The summed E-state index contributed by atoms with van der Waals surface area (Å²) in [6.07, 6.45) is 0.643. The molecule has 1 aromatic carbocycles. The molecule has 3 rings (SSSR count). The number of carbonyl (C=O) groups is 1. The summed E-state index contributed by atoms with van der Waals surface area (Å²) in [4.78, 5) is 13.8. The Morgan fingerprint density at radius 1 is 1.30 bits per heavy atom. The molecule has 0 bridgehead atoms. The van der Waals surface area contributed by atoms with Crippen LogP contribution in [0.4, 0.5) is 4.79 Å². The molecule has 5 nitrogen and oxygen atoms in total. The number of hydrogen-bond acceptors (Lipinski definition) is 4. The van der Waals surface area contributed by atoms with Crippen molar-refractivity contribution < 1.29 is 19.0 Å². The van der Waals surface area contributed by atoms with Gasteiger partial charge >= 0.3 is 6.09 Å². The zero-order valence-corrected chi connectivity index (χ0v) is 11.4. The summed E-state index contributed by atoms with van der Waals surface area (Å²) in [5.74, 6) is 0. The zero-order valence-electron chi connectivity index (χ0n) is 11.4. The number of ether oxygens (including phenoxy) is 3. The van der Waals surface area contributed by atoms with Crippen molar-refractivity contribution >= 4 is 6.09 Å². The third-order valence-electron chi connectivity index (χ3n) is 3.78. The van der Waals surface area contributed by atoms with Crippen LogP contribution in [-0.4, -0.2) is 49.5 Å². The van der Waals surface area contributed by atoms with Gasteiger partial charge in [0.2, 0.25) is 0 Å². The highest BCUT2D eigenvalue weighted by atomic mass is 16.6. The summed E-state index contributed by atoms with van der Waals surface area (Å²) in [5.41, 5.74) is 0.684. The molecule has 5 heteroatoms. The highest BCUT2D eigenvalue weighted by Gasteiger charge is 2.43. The Morgan fingerprint density at radius 3 is 2.80 bits per heavy atom. The number of benzene rings is 1. The average Bonchev–Trinajstić information content (AvgIpc) is 2.68. The summed E-state index contributed by atoms with van der Waals surface area (Å²) in [5, 5.41) is 0. The van der Waals surface area contributed by atoms with E-state index in [2.05, 4.69) is 0 Å². The van der Waals surface area contributed by atoms with Crippen LogP contribution in [-0.2, 0) is 20.8 Å². The SMILES string of the molecule is O=C(OCc1ccccc1)N1CCOC[C@]2(CCO2)C1. The molecule has 2 heterocycles. The van der Waals surface area contributed by atoms with Gasteiger partial charge in [-0.1, -0.05) is 30.3 Å². The quantitative estimate of drug-likeness (QED) is 0.827. The summed E-state index contributed by atoms with van der Waals surface area (Å²) in [7, 11) is 0. The largest absolute Gasteiger partial charge is 0.445 e. The molecule has 0 aromatic heterocycles. The second-order valence-corrected chi connectivity index (χ2v) is 5.30. The first kappa shape index (κ1) is 13.4. The summed E-state index contributed by atoms with van der Waals surface area (Å²) in [6.45, 7) is 3.25. The third kappa shape index (κ3) is 2.94. The van der Waals surface area contributed by atoms with Crippen molar-refractivity contribution in [1.29, 1.82) is 0 Å². The van der Waals surface area contributed by atoms with Crippen LogP contribution in [0.5, 0.6) is 0 Å². The van der Waals surface area contributed by atoms with E-state index in [1.165, 1.54) is 0 Å². The fraction of sp³-hybridized carbons (Fsp3) is 0.533. The van der Waals surface area contributed by atoms with Crippen molar-refractivity contribution in [2.45, 2.75) is 18.6 Å². The van der Waals surface area contributed by atoms with Gasteiger partial charge in [0.05, 0.1) is 26.4 Å². The van der Waals surface area contributed by atoms with Crippen LogP contribution in [0.15, 0.2) is 30.3 Å². The molecule has 0 saturated carbocycles. The van der Waals surface area contributed by atoms with E-state index in [9.17, 15) is 4.79 Å². The van der Waals surface area contributed by atoms with Crippen LogP contribution in [0.1, 0.15) is 12.0 Å². The molecule has 1 atom stereocenters. The lowest BCUT2D eigenvalue weighted by atomic mass is 9.95. The van der Waals surface area contributed by atoms with Gasteiger partial charge in [0.25, 0.3) is 0 Å². The van der Waals surface area contributed by atoms with Crippen molar-refractivity contribution in [2.75, 3.05) is 32.9 Å².